The molecular weight excluding hydrogens is 447 g/mol. The molecule has 182 valence electrons. The first kappa shape index (κ1) is 24.3. The van der Waals surface area contributed by atoms with E-state index in [1.54, 1.807) is 55.3 Å². The summed E-state index contributed by atoms with van der Waals surface area (Å²) in [5, 5.41) is 0. The molecule has 6 nitrogen and oxygen atoms in total. The SMILES string of the molecule is COc1ccc(OC)c([C@H]2CN(C(=O)c3ccccc3F)C[C@H]2C(=O)N(C)Cc2ccccc2)c1. The summed E-state index contributed by atoms with van der Waals surface area (Å²) in [6, 6.07) is 21.1. The van der Waals surface area contributed by atoms with Gasteiger partial charge >= 0.3 is 0 Å². The number of halogens is 1. The topological polar surface area (TPSA) is 59.1 Å². The molecule has 0 bridgehead atoms. The molecular formula is C28H29FN2O4. The van der Waals surface area contributed by atoms with Crippen molar-refractivity contribution in [3.8, 4) is 11.5 Å². The predicted octanol–water partition coefficient (Wildman–Crippen LogP) is 4.36. The maximum Gasteiger partial charge on any atom is 0.256 e. The molecule has 1 aliphatic heterocycles. The highest BCUT2D eigenvalue weighted by atomic mass is 19.1. The van der Waals surface area contributed by atoms with Crippen LogP contribution in [0.3, 0.4) is 0 Å². The second kappa shape index (κ2) is 10.6. The Labute approximate surface area is 204 Å². The fourth-order valence-electron chi connectivity index (χ4n) is 4.69. The van der Waals surface area contributed by atoms with Crippen LogP contribution in [0, 0.1) is 11.7 Å². The summed E-state index contributed by atoms with van der Waals surface area (Å²) in [6.07, 6.45) is 0. The predicted molar refractivity (Wildman–Crippen MR) is 131 cm³/mol. The molecule has 0 radical (unpaired) electrons. The first-order valence-corrected chi connectivity index (χ1v) is 11.5. The van der Waals surface area contributed by atoms with Crippen molar-refractivity contribution in [1.29, 1.82) is 0 Å². The molecule has 0 unspecified atom stereocenters. The Balaban J connectivity index is 1.68. The molecule has 1 heterocycles. The monoisotopic (exact) mass is 476 g/mol. The fourth-order valence-corrected chi connectivity index (χ4v) is 4.69. The van der Waals surface area contributed by atoms with Crippen LogP contribution in [0.25, 0.3) is 0 Å². The number of hydrogen-bond acceptors (Lipinski definition) is 4. The third-order valence-electron chi connectivity index (χ3n) is 6.50. The molecule has 7 heteroatoms. The van der Waals surface area contributed by atoms with Gasteiger partial charge in [0, 0.05) is 38.2 Å². The first-order chi connectivity index (χ1) is 16.9. The van der Waals surface area contributed by atoms with Crippen molar-refractivity contribution in [1.82, 2.24) is 9.80 Å². The number of benzene rings is 3. The Kier molecular flexibility index (Phi) is 7.34. The molecule has 3 aromatic carbocycles. The maximum atomic E-state index is 14.4. The molecule has 1 saturated heterocycles. The van der Waals surface area contributed by atoms with E-state index in [-0.39, 0.29) is 30.5 Å². The van der Waals surface area contributed by atoms with Gasteiger partial charge in [0.15, 0.2) is 0 Å². The van der Waals surface area contributed by atoms with Crippen LogP contribution in [0.2, 0.25) is 0 Å². The van der Waals surface area contributed by atoms with E-state index in [0.717, 1.165) is 11.1 Å². The van der Waals surface area contributed by atoms with Crippen molar-refractivity contribution < 1.29 is 23.5 Å². The first-order valence-electron chi connectivity index (χ1n) is 11.5. The van der Waals surface area contributed by atoms with Crippen LogP contribution in [0.15, 0.2) is 72.8 Å². The number of amides is 2. The van der Waals surface area contributed by atoms with Crippen molar-refractivity contribution in [3.05, 3.63) is 95.3 Å². The van der Waals surface area contributed by atoms with Crippen LogP contribution in [-0.4, -0.2) is 56.0 Å². The number of methoxy groups -OCH3 is 2. The number of likely N-dealkylation sites (tertiary alicyclic amines) is 1. The van der Waals surface area contributed by atoms with E-state index in [9.17, 15) is 14.0 Å². The van der Waals surface area contributed by atoms with Crippen LogP contribution in [0.5, 0.6) is 11.5 Å². The lowest BCUT2D eigenvalue weighted by Gasteiger charge is -2.25. The molecule has 3 aromatic rings. The Morgan fingerprint density at radius 3 is 2.37 bits per heavy atom. The molecule has 2 atom stereocenters. The summed E-state index contributed by atoms with van der Waals surface area (Å²) in [7, 11) is 4.90. The normalized spacial score (nSPS) is 17.2. The lowest BCUT2D eigenvalue weighted by molar-refractivity contribution is -0.134. The van der Waals surface area contributed by atoms with Crippen LogP contribution in [0.4, 0.5) is 4.39 Å². The second-order valence-electron chi connectivity index (χ2n) is 8.69. The van der Waals surface area contributed by atoms with Gasteiger partial charge in [0.25, 0.3) is 5.91 Å². The molecule has 0 spiro atoms. The average Bonchev–Trinajstić information content (AvgIpc) is 3.33. The fraction of sp³-hybridized carbons (Fsp3) is 0.286. The summed E-state index contributed by atoms with van der Waals surface area (Å²) in [5.74, 6) is -0.738. The number of rotatable bonds is 7. The van der Waals surface area contributed by atoms with E-state index in [1.807, 2.05) is 36.4 Å². The maximum absolute atomic E-state index is 14.4. The Hall–Kier alpha value is -3.87. The van der Waals surface area contributed by atoms with Crippen molar-refractivity contribution in [3.63, 3.8) is 0 Å². The van der Waals surface area contributed by atoms with Crippen LogP contribution >= 0.6 is 0 Å². The molecule has 1 aliphatic rings. The smallest absolute Gasteiger partial charge is 0.256 e. The minimum absolute atomic E-state index is 0.00500. The molecule has 4 rings (SSSR count). The third kappa shape index (κ3) is 5.14. The van der Waals surface area contributed by atoms with Gasteiger partial charge in [-0.25, -0.2) is 4.39 Å². The van der Waals surface area contributed by atoms with E-state index < -0.39 is 17.6 Å². The van der Waals surface area contributed by atoms with Gasteiger partial charge in [-0.3, -0.25) is 9.59 Å². The summed E-state index contributed by atoms with van der Waals surface area (Å²) in [4.78, 5) is 30.2. The zero-order chi connectivity index (χ0) is 24.9. The minimum Gasteiger partial charge on any atom is -0.497 e. The highest BCUT2D eigenvalue weighted by Crippen LogP contribution is 2.40. The number of carbonyl (C=O) groups excluding carboxylic acids is 2. The van der Waals surface area contributed by atoms with Crippen molar-refractivity contribution in [2.24, 2.45) is 5.92 Å². The van der Waals surface area contributed by atoms with E-state index in [0.29, 0.717) is 18.0 Å². The van der Waals surface area contributed by atoms with Gasteiger partial charge in [-0.05, 0) is 35.9 Å². The summed E-state index contributed by atoms with van der Waals surface area (Å²) in [5.41, 5.74) is 1.79. The molecule has 35 heavy (non-hydrogen) atoms. The van der Waals surface area contributed by atoms with Crippen molar-refractivity contribution in [2.75, 3.05) is 34.4 Å². The molecule has 1 fully saturated rings. The van der Waals surface area contributed by atoms with Crippen LogP contribution in [0.1, 0.15) is 27.4 Å². The minimum atomic E-state index is -0.580. The Bertz CT molecular complexity index is 1200. The Morgan fingerprint density at radius 2 is 1.69 bits per heavy atom. The molecule has 0 saturated carbocycles. The van der Waals surface area contributed by atoms with E-state index in [4.69, 9.17) is 9.47 Å². The number of hydrogen-bond donors (Lipinski definition) is 0. The van der Waals surface area contributed by atoms with Crippen molar-refractivity contribution in [2.45, 2.75) is 12.5 Å². The summed E-state index contributed by atoms with van der Waals surface area (Å²) >= 11 is 0. The zero-order valence-electron chi connectivity index (χ0n) is 20.1. The van der Waals surface area contributed by atoms with E-state index >= 15 is 0 Å². The summed E-state index contributed by atoms with van der Waals surface area (Å²) in [6.45, 7) is 0.877. The van der Waals surface area contributed by atoms with Gasteiger partial charge in [0.2, 0.25) is 5.91 Å². The number of nitrogens with zero attached hydrogens (tertiary/aromatic N) is 2. The standard InChI is InChI=1S/C28H29FN2O4/c1-30(16-19-9-5-4-6-10-19)27(32)24-18-31(28(33)21-11-7-8-12-25(21)29)17-23(24)22-15-20(34-2)13-14-26(22)35-3/h4-15,23-24H,16-18H2,1-3H3/t23-,24-/m1/s1. The summed E-state index contributed by atoms with van der Waals surface area (Å²) < 4.78 is 25.4. The van der Waals surface area contributed by atoms with E-state index in [1.165, 1.54) is 12.1 Å². The van der Waals surface area contributed by atoms with Crippen molar-refractivity contribution >= 4 is 11.8 Å². The van der Waals surface area contributed by atoms with Gasteiger partial charge in [-0.1, -0.05) is 42.5 Å². The average molecular weight is 477 g/mol. The van der Waals surface area contributed by atoms with Gasteiger partial charge in [-0.2, -0.15) is 0 Å². The lowest BCUT2D eigenvalue weighted by atomic mass is 9.87. The van der Waals surface area contributed by atoms with E-state index in [2.05, 4.69) is 0 Å². The number of ether oxygens (including phenoxy) is 2. The van der Waals surface area contributed by atoms with Crippen LogP contribution in [-0.2, 0) is 11.3 Å². The highest BCUT2D eigenvalue weighted by Gasteiger charge is 2.43. The zero-order valence-corrected chi connectivity index (χ0v) is 20.1. The molecule has 0 aromatic heterocycles. The largest absolute Gasteiger partial charge is 0.497 e. The Morgan fingerprint density at radius 1 is 0.971 bits per heavy atom. The third-order valence-corrected chi connectivity index (χ3v) is 6.50. The molecule has 0 N–H and O–H groups in total. The van der Waals surface area contributed by atoms with Gasteiger partial charge < -0.3 is 19.3 Å². The van der Waals surface area contributed by atoms with Gasteiger partial charge in [-0.15, -0.1) is 0 Å². The lowest BCUT2D eigenvalue weighted by Crippen LogP contribution is -2.36. The highest BCUT2D eigenvalue weighted by molar-refractivity contribution is 5.95. The van der Waals surface area contributed by atoms with Gasteiger partial charge in [0.1, 0.15) is 17.3 Å². The second-order valence-corrected chi connectivity index (χ2v) is 8.69. The van der Waals surface area contributed by atoms with Crippen LogP contribution < -0.4 is 9.47 Å². The number of carbonyl (C=O) groups is 2. The molecule has 2 amide bonds. The molecule has 0 aliphatic carbocycles. The quantitative estimate of drug-likeness (QED) is 0.509. The van der Waals surface area contributed by atoms with Gasteiger partial charge in [0.05, 0.1) is 25.7 Å².